The first-order valence-corrected chi connectivity index (χ1v) is 6.57. The first-order chi connectivity index (χ1) is 9.94. The summed E-state index contributed by atoms with van der Waals surface area (Å²) in [4.78, 5) is 0. The van der Waals surface area contributed by atoms with Crippen LogP contribution in [0.3, 0.4) is 0 Å². The number of alkyl halides is 3. The third kappa shape index (κ3) is 5.11. The molecule has 1 atom stereocenters. The summed E-state index contributed by atoms with van der Waals surface area (Å²) in [5.41, 5.74) is 7.55. The maximum Gasteiger partial charge on any atom is 0.573 e. The van der Waals surface area contributed by atoms with Gasteiger partial charge in [0.05, 0.1) is 0 Å². The fraction of sp³-hybridized carbons (Fsp3) is 0.250. The van der Waals surface area contributed by atoms with E-state index >= 15 is 0 Å². The molecule has 0 aliphatic carbocycles. The molecule has 0 bridgehead atoms. The third-order valence-electron chi connectivity index (χ3n) is 3.02. The van der Waals surface area contributed by atoms with E-state index in [0.717, 1.165) is 5.56 Å². The van der Waals surface area contributed by atoms with E-state index in [4.69, 9.17) is 5.73 Å². The van der Waals surface area contributed by atoms with E-state index in [2.05, 4.69) is 4.74 Å². The van der Waals surface area contributed by atoms with Crippen LogP contribution in [0.25, 0.3) is 0 Å². The molecule has 1 unspecified atom stereocenters. The van der Waals surface area contributed by atoms with Crippen LogP contribution in [0, 0.1) is 0 Å². The summed E-state index contributed by atoms with van der Waals surface area (Å²) in [5, 5.41) is 0. The minimum absolute atomic E-state index is 0.187. The zero-order valence-electron chi connectivity index (χ0n) is 11.3. The lowest BCUT2D eigenvalue weighted by molar-refractivity contribution is -0.274. The van der Waals surface area contributed by atoms with Crippen molar-refractivity contribution in [2.24, 2.45) is 5.73 Å². The molecule has 0 fully saturated rings. The van der Waals surface area contributed by atoms with E-state index < -0.39 is 6.36 Å². The Kier molecular flexibility index (Phi) is 4.85. The molecule has 0 amide bonds. The number of para-hydroxylation sites is 1. The van der Waals surface area contributed by atoms with Crippen molar-refractivity contribution in [2.75, 3.05) is 0 Å². The summed E-state index contributed by atoms with van der Waals surface area (Å²) in [7, 11) is 0. The average molecular weight is 295 g/mol. The van der Waals surface area contributed by atoms with Crippen molar-refractivity contribution in [3.8, 4) is 5.75 Å². The Bertz CT molecular complexity index is 569. The summed E-state index contributed by atoms with van der Waals surface area (Å²) in [6.45, 7) is 0. The van der Waals surface area contributed by atoms with Crippen LogP contribution >= 0.6 is 0 Å². The lowest BCUT2D eigenvalue weighted by Gasteiger charge is -2.16. The molecule has 0 saturated carbocycles. The zero-order valence-corrected chi connectivity index (χ0v) is 11.3. The number of hydrogen-bond acceptors (Lipinski definition) is 2. The highest BCUT2D eigenvalue weighted by molar-refractivity contribution is 5.34. The second-order valence-electron chi connectivity index (χ2n) is 4.81. The molecule has 2 N–H and O–H groups in total. The molecule has 21 heavy (non-hydrogen) atoms. The number of nitrogens with two attached hydrogens (primary N) is 1. The number of hydrogen-bond donors (Lipinski definition) is 1. The SMILES string of the molecule is NC(Cc1ccccc1)Cc1ccccc1OC(F)(F)F. The highest BCUT2D eigenvalue weighted by Crippen LogP contribution is 2.27. The Labute approximate surface area is 121 Å². The van der Waals surface area contributed by atoms with E-state index in [9.17, 15) is 13.2 Å². The smallest absolute Gasteiger partial charge is 0.406 e. The van der Waals surface area contributed by atoms with Gasteiger partial charge in [-0.2, -0.15) is 0 Å². The van der Waals surface area contributed by atoms with Gasteiger partial charge in [-0.25, -0.2) is 0 Å². The first-order valence-electron chi connectivity index (χ1n) is 6.57. The molecular weight excluding hydrogens is 279 g/mol. The van der Waals surface area contributed by atoms with Crippen LogP contribution < -0.4 is 10.5 Å². The lowest BCUT2D eigenvalue weighted by Crippen LogP contribution is -2.26. The quantitative estimate of drug-likeness (QED) is 0.913. The Hall–Kier alpha value is -2.01. The predicted octanol–water partition coefficient (Wildman–Crippen LogP) is 3.70. The summed E-state index contributed by atoms with van der Waals surface area (Å²) < 4.78 is 41.1. The number of halogens is 3. The molecule has 0 radical (unpaired) electrons. The lowest BCUT2D eigenvalue weighted by atomic mass is 9.99. The predicted molar refractivity (Wildman–Crippen MR) is 75.0 cm³/mol. The van der Waals surface area contributed by atoms with Gasteiger partial charge in [0.1, 0.15) is 5.75 Å². The Morgan fingerprint density at radius 3 is 2.19 bits per heavy atom. The zero-order chi connectivity index (χ0) is 15.3. The third-order valence-corrected chi connectivity index (χ3v) is 3.02. The molecule has 0 spiro atoms. The summed E-state index contributed by atoms with van der Waals surface area (Å²) in [6, 6.07) is 15.4. The number of ether oxygens (including phenoxy) is 1. The highest BCUT2D eigenvalue weighted by Gasteiger charge is 2.32. The van der Waals surface area contributed by atoms with E-state index in [-0.39, 0.29) is 11.8 Å². The largest absolute Gasteiger partial charge is 0.573 e. The van der Waals surface area contributed by atoms with Crippen molar-refractivity contribution in [1.82, 2.24) is 0 Å². The fourth-order valence-corrected chi connectivity index (χ4v) is 2.17. The van der Waals surface area contributed by atoms with Gasteiger partial charge >= 0.3 is 6.36 Å². The van der Waals surface area contributed by atoms with Gasteiger partial charge in [-0.1, -0.05) is 48.5 Å². The number of benzene rings is 2. The van der Waals surface area contributed by atoms with Crippen LogP contribution in [0.1, 0.15) is 11.1 Å². The van der Waals surface area contributed by atoms with Gasteiger partial charge in [0.2, 0.25) is 0 Å². The van der Waals surface area contributed by atoms with E-state index in [1.807, 2.05) is 30.3 Å². The maximum absolute atomic E-state index is 12.4. The molecule has 112 valence electrons. The van der Waals surface area contributed by atoms with Crippen molar-refractivity contribution < 1.29 is 17.9 Å². The van der Waals surface area contributed by atoms with Gasteiger partial charge in [-0.15, -0.1) is 13.2 Å². The molecule has 0 aliphatic rings. The molecule has 0 heterocycles. The van der Waals surface area contributed by atoms with Crippen LogP contribution in [0.4, 0.5) is 13.2 Å². The molecule has 2 rings (SSSR count). The Morgan fingerprint density at radius 2 is 1.52 bits per heavy atom. The topological polar surface area (TPSA) is 35.2 Å². The molecule has 0 aliphatic heterocycles. The van der Waals surface area contributed by atoms with Gasteiger partial charge in [-0.05, 0) is 30.0 Å². The molecule has 2 aromatic rings. The van der Waals surface area contributed by atoms with Gasteiger partial charge in [0, 0.05) is 6.04 Å². The van der Waals surface area contributed by atoms with Crippen LogP contribution in [-0.4, -0.2) is 12.4 Å². The normalized spacial score (nSPS) is 13.0. The van der Waals surface area contributed by atoms with Gasteiger partial charge in [0.25, 0.3) is 0 Å². The Balaban J connectivity index is 2.05. The molecule has 2 nitrogen and oxygen atoms in total. The standard InChI is InChI=1S/C16H16F3NO/c17-16(18,19)21-15-9-5-4-8-13(15)11-14(20)10-12-6-2-1-3-7-12/h1-9,14H,10-11,20H2. The first kappa shape index (κ1) is 15.4. The van der Waals surface area contributed by atoms with Gasteiger partial charge < -0.3 is 10.5 Å². The van der Waals surface area contributed by atoms with E-state index in [1.165, 1.54) is 12.1 Å². The number of rotatable bonds is 5. The fourth-order valence-electron chi connectivity index (χ4n) is 2.17. The Morgan fingerprint density at radius 1 is 0.905 bits per heavy atom. The van der Waals surface area contributed by atoms with Crippen molar-refractivity contribution in [3.05, 3.63) is 65.7 Å². The summed E-state index contributed by atoms with van der Waals surface area (Å²) in [5.74, 6) is -0.187. The van der Waals surface area contributed by atoms with Crippen LogP contribution in [0.15, 0.2) is 54.6 Å². The van der Waals surface area contributed by atoms with Crippen LogP contribution in [-0.2, 0) is 12.8 Å². The molecular formula is C16H16F3NO. The van der Waals surface area contributed by atoms with Crippen molar-refractivity contribution >= 4 is 0 Å². The van der Waals surface area contributed by atoms with E-state index in [0.29, 0.717) is 18.4 Å². The van der Waals surface area contributed by atoms with Crippen molar-refractivity contribution in [3.63, 3.8) is 0 Å². The molecule has 0 aromatic heterocycles. The van der Waals surface area contributed by atoms with Gasteiger partial charge in [0.15, 0.2) is 0 Å². The second kappa shape index (κ2) is 6.63. The summed E-state index contributed by atoms with van der Waals surface area (Å²) >= 11 is 0. The maximum atomic E-state index is 12.4. The van der Waals surface area contributed by atoms with Crippen molar-refractivity contribution in [1.29, 1.82) is 0 Å². The van der Waals surface area contributed by atoms with E-state index in [1.54, 1.807) is 12.1 Å². The second-order valence-corrected chi connectivity index (χ2v) is 4.81. The average Bonchev–Trinajstić information content (AvgIpc) is 2.40. The minimum Gasteiger partial charge on any atom is -0.406 e. The molecule has 5 heteroatoms. The van der Waals surface area contributed by atoms with Crippen LogP contribution in [0.2, 0.25) is 0 Å². The molecule has 0 saturated heterocycles. The minimum atomic E-state index is -4.69. The van der Waals surface area contributed by atoms with Crippen molar-refractivity contribution in [2.45, 2.75) is 25.2 Å². The summed E-state index contributed by atoms with van der Waals surface area (Å²) in [6.07, 6.45) is -3.78. The van der Waals surface area contributed by atoms with Crippen LogP contribution in [0.5, 0.6) is 5.75 Å². The molecule has 2 aromatic carbocycles. The monoisotopic (exact) mass is 295 g/mol. The van der Waals surface area contributed by atoms with Gasteiger partial charge in [-0.3, -0.25) is 0 Å². The highest BCUT2D eigenvalue weighted by atomic mass is 19.4.